The van der Waals surface area contributed by atoms with Gasteiger partial charge in [-0.1, -0.05) is 48.5 Å². The van der Waals surface area contributed by atoms with Gasteiger partial charge in [-0.15, -0.1) is 0 Å². The van der Waals surface area contributed by atoms with E-state index in [2.05, 4.69) is 0 Å². The number of nitro benzene ring substituents is 2. The number of hydrogen-bond donors (Lipinski definition) is 0. The highest BCUT2D eigenvalue weighted by Gasteiger charge is 2.25. The number of amides is 1. The molecule has 3 aromatic rings. The Morgan fingerprint density at radius 1 is 0.844 bits per heavy atom. The van der Waals surface area contributed by atoms with Gasteiger partial charge >= 0.3 is 5.69 Å². The number of nitro groups is 2. The molecule has 9 heteroatoms. The van der Waals surface area contributed by atoms with Crippen LogP contribution >= 0.6 is 0 Å². The maximum absolute atomic E-state index is 13.0. The molecule has 0 heterocycles. The fraction of sp³-hybridized carbons (Fsp3) is 0.174. The van der Waals surface area contributed by atoms with Crippen molar-refractivity contribution >= 4 is 17.3 Å². The van der Waals surface area contributed by atoms with Gasteiger partial charge in [0.1, 0.15) is 0 Å². The first-order valence-corrected chi connectivity index (χ1v) is 9.97. The average molecular weight is 435 g/mol. The van der Waals surface area contributed by atoms with E-state index in [1.807, 2.05) is 30.3 Å². The van der Waals surface area contributed by atoms with Crippen LogP contribution < -0.4 is 4.84 Å². The summed E-state index contributed by atoms with van der Waals surface area (Å²) in [6.45, 7) is 0.189. The summed E-state index contributed by atoms with van der Waals surface area (Å²) in [5, 5.41) is 23.5. The lowest BCUT2D eigenvalue weighted by atomic mass is 10.1. The second-order valence-corrected chi connectivity index (χ2v) is 6.97. The molecular weight excluding hydrogens is 414 g/mol. The molecule has 9 nitrogen and oxygen atoms in total. The summed E-state index contributed by atoms with van der Waals surface area (Å²) in [5.74, 6) is -0.703. The summed E-state index contributed by atoms with van der Waals surface area (Å²) in [7, 11) is 0. The molecule has 1 amide bonds. The van der Waals surface area contributed by atoms with Crippen LogP contribution in [0.5, 0.6) is 5.75 Å². The van der Waals surface area contributed by atoms with Crippen LogP contribution in [0.25, 0.3) is 0 Å². The minimum atomic E-state index is -0.775. The number of aryl methyl sites for hydroxylation is 1. The third-order valence-corrected chi connectivity index (χ3v) is 4.73. The molecule has 0 aliphatic carbocycles. The molecule has 3 rings (SSSR count). The Hall–Kier alpha value is -4.27. The SMILES string of the molecule is O=C(c1ccccc1)N(CCCCc1ccccc1)Oc1ccc([N+](=O)[O-])cc1[N+](=O)[O-]. The van der Waals surface area contributed by atoms with E-state index in [-0.39, 0.29) is 12.3 Å². The van der Waals surface area contributed by atoms with Crippen molar-refractivity contribution in [3.63, 3.8) is 0 Å². The Labute approximate surface area is 184 Å². The van der Waals surface area contributed by atoms with Gasteiger partial charge in [0.05, 0.1) is 22.5 Å². The highest BCUT2D eigenvalue weighted by atomic mass is 16.7. The summed E-state index contributed by atoms with van der Waals surface area (Å²) in [5.41, 5.74) is 0.502. The lowest BCUT2D eigenvalue weighted by Crippen LogP contribution is -2.35. The van der Waals surface area contributed by atoms with Gasteiger partial charge in [0.2, 0.25) is 5.75 Å². The Morgan fingerprint density at radius 2 is 1.50 bits per heavy atom. The molecule has 0 fully saturated rings. The molecule has 32 heavy (non-hydrogen) atoms. The summed E-state index contributed by atoms with van der Waals surface area (Å²) in [6.07, 6.45) is 2.18. The molecule has 0 aromatic heterocycles. The van der Waals surface area contributed by atoms with Crippen LogP contribution in [0.15, 0.2) is 78.9 Å². The number of carbonyl (C=O) groups excluding carboxylic acids is 1. The molecule has 0 aliphatic heterocycles. The van der Waals surface area contributed by atoms with E-state index in [1.165, 1.54) is 5.56 Å². The number of hydroxylamine groups is 2. The van der Waals surface area contributed by atoms with Crippen molar-refractivity contribution in [2.75, 3.05) is 6.54 Å². The molecule has 0 N–H and O–H groups in total. The maximum Gasteiger partial charge on any atom is 0.321 e. The van der Waals surface area contributed by atoms with Crippen LogP contribution in [-0.2, 0) is 6.42 Å². The zero-order valence-corrected chi connectivity index (χ0v) is 17.1. The fourth-order valence-corrected chi connectivity index (χ4v) is 3.10. The number of benzene rings is 3. The molecule has 0 aliphatic rings. The van der Waals surface area contributed by atoms with Crippen molar-refractivity contribution in [1.82, 2.24) is 5.06 Å². The first-order valence-electron chi connectivity index (χ1n) is 9.97. The van der Waals surface area contributed by atoms with E-state index >= 15 is 0 Å². The predicted octanol–water partition coefficient (Wildman–Crippen LogP) is 4.96. The van der Waals surface area contributed by atoms with Crippen LogP contribution in [0, 0.1) is 20.2 Å². The van der Waals surface area contributed by atoms with Crippen LogP contribution in [0.2, 0.25) is 0 Å². The van der Waals surface area contributed by atoms with Crippen LogP contribution in [0.3, 0.4) is 0 Å². The number of carbonyl (C=O) groups is 1. The van der Waals surface area contributed by atoms with Gasteiger partial charge in [0.15, 0.2) is 0 Å². The largest absolute Gasteiger partial charge is 0.369 e. The summed E-state index contributed by atoms with van der Waals surface area (Å²) < 4.78 is 0. The smallest absolute Gasteiger partial charge is 0.321 e. The maximum atomic E-state index is 13.0. The van der Waals surface area contributed by atoms with Gasteiger partial charge in [-0.05, 0) is 43.0 Å². The minimum absolute atomic E-state index is 0.189. The van der Waals surface area contributed by atoms with Gasteiger partial charge in [0, 0.05) is 11.6 Å². The average Bonchev–Trinajstić information content (AvgIpc) is 2.81. The van der Waals surface area contributed by atoms with Gasteiger partial charge in [0.25, 0.3) is 11.6 Å². The molecule has 3 aromatic carbocycles. The Bertz CT molecular complexity index is 1090. The number of rotatable bonds is 10. The third-order valence-electron chi connectivity index (χ3n) is 4.73. The normalized spacial score (nSPS) is 10.4. The van der Waals surface area contributed by atoms with Crippen molar-refractivity contribution < 1.29 is 19.5 Å². The summed E-state index contributed by atoms with van der Waals surface area (Å²) in [4.78, 5) is 39.5. The molecular formula is C23H21N3O6. The Balaban J connectivity index is 1.78. The second-order valence-electron chi connectivity index (χ2n) is 6.97. The number of non-ortho nitro benzene ring substituents is 1. The summed E-state index contributed by atoms with van der Waals surface area (Å²) in [6, 6.07) is 21.3. The summed E-state index contributed by atoms with van der Waals surface area (Å²) >= 11 is 0. The lowest BCUT2D eigenvalue weighted by Gasteiger charge is -2.22. The molecule has 164 valence electrons. The Morgan fingerprint density at radius 3 is 2.12 bits per heavy atom. The predicted molar refractivity (Wildman–Crippen MR) is 117 cm³/mol. The topological polar surface area (TPSA) is 116 Å². The van der Waals surface area contributed by atoms with E-state index in [1.54, 1.807) is 30.3 Å². The van der Waals surface area contributed by atoms with Gasteiger partial charge in [-0.25, -0.2) is 0 Å². The van der Waals surface area contributed by atoms with E-state index in [4.69, 9.17) is 4.84 Å². The molecule has 0 saturated heterocycles. The monoisotopic (exact) mass is 435 g/mol. The van der Waals surface area contributed by atoms with Crippen LogP contribution in [0.4, 0.5) is 11.4 Å². The number of hydrogen-bond acceptors (Lipinski definition) is 6. The quantitative estimate of drug-likeness (QED) is 0.252. The number of nitrogens with zero attached hydrogens (tertiary/aromatic N) is 3. The fourth-order valence-electron chi connectivity index (χ4n) is 3.10. The lowest BCUT2D eigenvalue weighted by molar-refractivity contribution is -0.395. The van der Waals surface area contributed by atoms with Gasteiger partial charge in [-0.3, -0.25) is 25.0 Å². The third kappa shape index (κ3) is 5.88. The van der Waals surface area contributed by atoms with E-state index in [0.29, 0.717) is 12.0 Å². The standard InChI is InChI=1S/C23H21N3O6/c27-23(19-12-5-2-6-13-19)24(16-8-7-11-18-9-3-1-4-10-18)32-22-15-14-20(25(28)29)17-21(22)26(30)31/h1-6,9-10,12-15,17H,7-8,11,16H2. The molecule has 0 radical (unpaired) electrons. The van der Waals surface area contributed by atoms with Gasteiger partial charge in [-0.2, -0.15) is 5.06 Å². The van der Waals surface area contributed by atoms with Crippen LogP contribution in [0.1, 0.15) is 28.8 Å². The molecule has 0 spiro atoms. The van der Waals surface area contributed by atoms with E-state index < -0.39 is 27.1 Å². The van der Waals surface area contributed by atoms with Crippen molar-refractivity contribution in [2.45, 2.75) is 19.3 Å². The molecule has 0 bridgehead atoms. The molecule has 0 atom stereocenters. The highest BCUT2D eigenvalue weighted by molar-refractivity contribution is 5.93. The van der Waals surface area contributed by atoms with Crippen molar-refractivity contribution in [3.05, 3.63) is 110 Å². The van der Waals surface area contributed by atoms with Crippen molar-refractivity contribution in [2.24, 2.45) is 0 Å². The van der Waals surface area contributed by atoms with Crippen LogP contribution in [-0.4, -0.2) is 27.4 Å². The molecule has 0 unspecified atom stereocenters. The highest BCUT2D eigenvalue weighted by Crippen LogP contribution is 2.32. The first-order chi connectivity index (χ1) is 15.5. The number of unbranched alkanes of at least 4 members (excludes halogenated alkanes) is 1. The Kier molecular flexibility index (Phi) is 7.47. The zero-order valence-electron chi connectivity index (χ0n) is 17.1. The van der Waals surface area contributed by atoms with E-state index in [0.717, 1.165) is 36.1 Å². The zero-order chi connectivity index (χ0) is 22.9. The minimum Gasteiger partial charge on any atom is -0.369 e. The first kappa shape index (κ1) is 22.4. The van der Waals surface area contributed by atoms with Crippen molar-refractivity contribution in [1.29, 1.82) is 0 Å². The second kappa shape index (κ2) is 10.7. The van der Waals surface area contributed by atoms with E-state index in [9.17, 15) is 25.0 Å². The van der Waals surface area contributed by atoms with Crippen molar-refractivity contribution in [3.8, 4) is 5.75 Å². The molecule has 0 saturated carbocycles. The van der Waals surface area contributed by atoms with Gasteiger partial charge < -0.3 is 4.84 Å².